The fraction of sp³-hybridized carbons (Fsp3) is 0.500. The first-order chi connectivity index (χ1) is 11.9. The summed E-state index contributed by atoms with van der Waals surface area (Å²) < 4.78 is 7.15. The van der Waals surface area contributed by atoms with Crippen molar-refractivity contribution in [3.63, 3.8) is 0 Å². The van der Waals surface area contributed by atoms with E-state index in [1.165, 1.54) is 0 Å². The van der Waals surface area contributed by atoms with Crippen LogP contribution in [0.4, 0.5) is 0 Å². The van der Waals surface area contributed by atoms with Gasteiger partial charge in [0.1, 0.15) is 5.75 Å². The molecule has 25 heavy (non-hydrogen) atoms. The van der Waals surface area contributed by atoms with Crippen LogP contribution in [0.1, 0.15) is 35.1 Å². The summed E-state index contributed by atoms with van der Waals surface area (Å²) in [5.74, 6) is 0.934. The van der Waals surface area contributed by atoms with Crippen LogP contribution >= 0.6 is 0 Å². The first kappa shape index (κ1) is 17.4. The number of hydrogen-bond acceptors (Lipinski definition) is 5. The van der Waals surface area contributed by atoms with Crippen LogP contribution in [0.25, 0.3) is 0 Å². The molecule has 0 aromatic carbocycles. The molecule has 2 aromatic heterocycles. The number of pyridine rings is 1. The average Bonchev–Trinajstić information content (AvgIpc) is 3.05. The van der Waals surface area contributed by atoms with Gasteiger partial charge in [-0.1, -0.05) is 0 Å². The third-order valence-corrected chi connectivity index (χ3v) is 4.94. The Hall–Kier alpha value is -2.41. The Morgan fingerprint density at radius 1 is 1.32 bits per heavy atom. The molecule has 1 fully saturated rings. The molecular weight excluding hydrogens is 318 g/mol. The molecule has 2 atom stereocenters. The van der Waals surface area contributed by atoms with Crippen molar-refractivity contribution in [3.05, 3.63) is 41.0 Å². The highest BCUT2D eigenvalue weighted by molar-refractivity contribution is 5.80. The number of aromatic nitrogens is 3. The summed E-state index contributed by atoms with van der Waals surface area (Å²) in [5, 5.41) is 7.83. The normalized spacial score (nSPS) is 20.4. The molecule has 0 aliphatic carbocycles. The molecule has 1 aliphatic heterocycles. The van der Waals surface area contributed by atoms with E-state index in [0.717, 1.165) is 28.4 Å². The molecule has 1 aliphatic rings. The minimum absolute atomic E-state index is 0.0205. The monoisotopic (exact) mass is 343 g/mol. The second-order valence-corrected chi connectivity index (χ2v) is 6.59. The highest BCUT2D eigenvalue weighted by atomic mass is 16.5. The zero-order valence-electron chi connectivity index (χ0n) is 15.4. The number of carbonyl (C=O) groups is 1. The number of methoxy groups -OCH3 is 1. The minimum Gasteiger partial charge on any atom is -0.497 e. The SMILES string of the molecule is COc1cc(C)nc(CN[C@@H]2CC(=O)N(C)[C@H]2c2cnn(C)c2C)c1. The summed E-state index contributed by atoms with van der Waals surface area (Å²) in [6.45, 7) is 4.56. The van der Waals surface area contributed by atoms with Crippen molar-refractivity contribution in [2.24, 2.45) is 7.05 Å². The van der Waals surface area contributed by atoms with Gasteiger partial charge in [-0.05, 0) is 13.8 Å². The van der Waals surface area contributed by atoms with Crippen LogP contribution in [-0.4, -0.2) is 45.8 Å². The Bertz CT molecular complexity index is 786. The Balaban J connectivity index is 1.79. The van der Waals surface area contributed by atoms with E-state index in [-0.39, 0.29) is 18.0 Å². The van der Waals surface area contributed by atoms with Crippen LogP contribution in [0, 0.1) is 13.8 Å². The number of aryl methyl sites for hydroxylation is 2. The van der Waals surface area contributed by atoms with Crippen molar-refractivity contribution in [3.8, 4) is 5.75 Å². The van der Waals surface area contributed by atoms with Gasteiger partial charge in [-0.2, -0.15) is 5.10 Å². The molecule has 1 amide bonds. The van der Waals surface area contributed by atoms with E-state index in [4.69, 9.17) is 4.74 Å². The molecule has 134 valence electrons. The van der Waals surface area contributed by atoms with E-state index in [2.05, 4.69) is 15.4 Å². The molecule has 0 spiro atoms. The van der Waals surface area contributed by atoms with Crippen molar-refractivity contribution in [2.75, 3.05) is 14.2 Å². The zero-order chi connectivity index (χ0) is 18.1. The quantitative estimate of drug-likeness (QED) is 0.891. The van der Waals surface area contributed by atoms with Crippen LogP contribution in [0.5, 0.6) is 5.75 Å². The molecule has 3 heterocycles. The zero-order valence-corrected chi connectivity index (χ0v) is 15.4. The van der Waals surface area contributed by atoms with Crippen LogP contribution in [-0.2, 0) is 18.4 Å². The maximum atomic E-state index is 12.3. The summed E-state index contributed by atoms with van der Waals surface area (Å²) >= 11 is 0. The lowest BCUT2D eigenvalue weighted by atomic mass is 10.0. The molecule has 7 nitrogen and oxygen atoms in total. The van der Waals surface area contributed by atoms with Gasteiger partial charge in [-0.3, -0.25) is 14.5 Å². The predicted octanol–water partition coefficient (Wildman–Crippen LogP) is 1.50. The summed E-state index contributed by atoms with van der Waals surface area (Å²) in [7, 11) is 5.42. The van der Waals surface area contributed by atoms with E-state index in [1.54, 1.807) is 7.11 Å². The summed E-state index contributed by atoms with van der Waals surface area (Å²) in [5.41, 5.74) is 3.98. The minimum atomic E-state index is -0.0205. The third-order valence-electron chi connectivity index (χ3n) is 4.94. The summed E-state index contributed by atoms with van der Waals surface area (Å²) in [4.78, 5) is 18.6. The lowest BCUT2D eigenvalue weighted by Crippen LogP contribution is -2.35. The van der Waals surface area contributed by atoms with Gasteiger partial charge in [-0.15, -0.1) is 0 Å². The van der Waals surface area contributed by atoms with Crippen molar-refractivity contribution in [2.45, 2.75) is 38.9 Å². The topological polar surface area (TPSA) is 72.3 Å². The molecule has 0 saturated carbocycles. The predicted molar refractivity (Wildman–Crippen MR) is 94.2 cm³/mol. The van der Waals surface area contributed by atoms with E-state index >= 15 is 0 Å². The number of carbonyl (C=O) groups excluding carboxylic acids is 1. The lowest BCUT2D eigenvalue weighted by molar-refractivity contribution is -0.127. The number of likely N-dealkylation sites (N-methyl/N-ethyl adjacent to an activating group) is 1. The first-order valence-electron chi connectivity index (χ1n) is 8.39. The Kier molecular flexibility index (Phi) is 4.76. The number of ether oxygens (including phenoxy) is 1. The van der Waals surface area contributed by atoms with Gasteiger partial charge in [0.15, 0.2) is 0 Å². The van der Waals surface area contributed by atoms with E-state index in [0.29, 0.717) is 13.0 Å². The Morgan fingerprint density at radius 3 is 2.72 bits per heavy atom. The van der Waals surface area contributed by atoms with Gasteiger partial charge in [0.25, 0.3) is 0 Å². The molecule has 2 aromatic rings. The van der Waals surface area contributed by atoms with E-state index < -0.39 is 0 Å². The highest BCUT2D eigenvalue weighted by Gasteiger charge is 2.39. The van der Waals surface area contributed by atoms with Crippen LogP contribution < -0.4 is 10.1 Å². The van der Waals surface area contributed by atoms with Gasteiger partial charge in [-0.25, -0.2) is 0 Å². The molecular formula is C18H25N5O2. The first-order valence-corrected chi connectivity index (χ1v) is 8.39. The molecule has 3 rings (SSSR count). The Labute approximate surface area is 148 Å². The van der Waals surface area contributed by atoms with E-state index in [1.807, 2.05) is 55.9 Å². The smallest absolute Gasteiger partial charge is 0.224 e. The Morgan fingerprint density at radius 2 is 2.08 bits per heavy atom. The summed E-state index contributed by atoms with van der Waals surface area (Å²) in [6.07, 6.45) is 2.33. The number of nitrogens with one attached hydrogen (secondary N) is 1. The van der Waals surface area contributed by atoms with Crippen LogP contribution in [0.3, 0.4) is 0 Å². The van der Waals surface area contributed by atoms with Crippen molar-refractivity contribution in [1.82, 2.24) is 25.0 Å². The van der Waals surface area contributed by atoms with Gasteiger partial charge >= 0.3 is 0 Å². The number of rotatable bonds is 5. The fourth-order valence-corrected chi connectivity index (χ4v) is 3.43. The molecule has 7 heteroatoms. The van der Waals surface area contributed by atoms with Crippen molar-refractivity contribution < 1.29 is 9.53 Å². The maximum Gasteiger partial charge on any atom is 0.224 e. The largest absolute Gasteiger partial charge is 0.497 e. The molecule has 0 unspecified atom stereocenters. The standard InChI is InChI=1S/C18H25N5O2/c1-11-6-14(25-5)7-13(21-11)9-19-16-8-17(24)22(3)18(16)15-10-20-23(4)12(15)2/h6-7,10,16,18-19H,8-9H2,1-5H3/t16-,18+/m1/s1. The van der Waals surface area contributed by atoms with Crippen molar-refractivity contribution in [1.29, 1.82) is 0 Å². The second-order valence-electron chi connectivity index (χ2n) is 6.59. The lowest BCUT2D eigenvalue weighted by Gasteiger charge is -2.25. The van der Waals surface area contributed by atoms with E-state index in [9.17, 15) is 4.79 Å². The maximum absolute atomic E-state index is 12.3. The van der Waals surface area contributed by atoms with Crippen LogP contribution in [0.15, 0.2) is 18.3 Å². The fourth-order valence-electron chi connectivity index (χ4n) is 3.43. The molecule has 1 N–H and O–H groups in total. The van der Waals surface area contributed by atoms with Gasteiger partial charge < -0.3 is 15.0 Å². The second kappa shape index (κ2) is 6.84. The molecule has 0 bridgehead atoms. The van der Waals surface area contributed by atoms with Gasteiger partial charge in [0, 0.05) is 62.2 Å². The van der Waals surface area contributed by atoms with Gasteiger partial charge in [0.2, 0.25) is 5.91 Å². The number of hydrogen-bond donors (Lipinski definition) is 1. The average molecular weight is 343 g/mol. The number of likely N-dealkylation sites (tertiary alicyclic amines) is 1. The highest BCUT2D eigenvalue weighted by Crippen LogP contribution is 2.33. The van der Waals surface area contributed by atoms with Crippen LogP contribution in [0.2, 0.25) is 0 Å². The molecule has 0 radical (unpaired) electrons. The molecule has 1 saturated heterocycles. The number of nitrogens with zero attached hydrogens (tertiary/aromatic N) is 4. The third kappa shape index (κ3) is 3.37. The summed E-state index contributed by atoms with van der Waals surface area (Å²) in [6, 6.07) is 3.82. The van der Waals surface area contributed by atoms with Gasteiger partial charge in [0.05, 0.1) is 25.0 Å². The van der Waals surface area contributed by atoms with Crippen molar-refractivity contribution >= 4 is 5.91 Å². The number of amides is 1.